The van der Waals surface area contributed by atoms with Crippen molar-refractivity contribution in [2.24, 2.45) is 0 Å². The summed E-state index contributed by atoms with van der Waals surface area (Å²) in [5.74, 6) is -1.53. The minimum Gasteiger partial charge on any atom is -0.394 e. The average molecular weight is 791 g/mol. The van der Waals surface area contributed by atoms with Crippen molar-refractivity contribution >= 4 is 85.5 Å². The van der Waals surface area contributed by atoms with Crippen molar-refractivity contribution in [3.63, 3.8) is 0 Å². The van der Waals surface area contributed by atoms with E-state index in [4.69, 9.17) is 14.9 Å². The first kappa shape index (κ1) is 29.7. The van der Waals surface area contributed by atoms with Gasteiger partial charge in [-0.15, -0.1) is 0 Å². The van der Waals surface area contributed by atoms with Gasteiger partial charge in [0, 0.05) is 37.5 Å². The second-order valence-corrected chi connectivity index (χ2v) is 9.71. The van der Waals surface area contributed by atoms with Crippen molar-refractivity contribution in [2.75, 3.05) is 40.0 Å². The number of aliphatic hydroxyl groups is 4. The minimum atomic E-state index is -1.14. The van der Waals surface area contributed by atoms with E-state index in [0.717, 1.165) is 0 Å². The highest BCUT2D eigenvalue weighted by Crippen LogP contribution is 2.32. The van der Waals surface area contributed by atoms with E-state index in [1.54, 1.807) is 0 Å². The lowest BCUT2D eigenvalue weighted by molar-refractivity contribution is -0.124. The summed E-state index contributed by atoms with van der Waals surface area (Å²) in [6, 6.07) is 0. The fourth-order valence-electron chi connectivity index (χ4n) is 2.37. The molecule has 0 heterocycles. The summed E-state index contributed by atoms with van der Waals surface area (Å²) in [7, 11) is 1.38. The van der Waals surface area contributed by atoms with Crippen molar-refractivity contribution in [2.45, 2.75) is 18.8 Å². The van der Waals surface area contributed by atoms with Gasteiger partial charge < -0.3 is 41.1 Å². The van der Waals surface area contributed by atoms with Gasteiger partial charge in [-0.1, -0.05) is 0 Å². The third-order valence-corrected chi connectivity index (χ3v) is 7.48. The van der Waals surface area contributed by atoms with Gasteiger partial charge in [0.05, 0.1) is 36.5 Å². The van der Waals surface area contributed by atoms with Gasteiger partial charge in [-0.25, -0.2) is 0 Å². The zero-order valence-corrected chi connectivity index (χ0v) is 23.4. The van der Waals surface area contributed by atoms with Gasteiger partial charge in [0.25, 0.3) is 11.8 Å². The van der Waals surface area contributed by atoms with Gasteiger partial charge >= 0.3 is 0 Å². The average Bonchev–Trinajstić information content (AvgIpc) is 2.75. The topological polar surface area (TPSA) is 177 Å². The van der Waals surface area contributed by atoms with Crippen LogP contribution in [0.5, 0.6) is 0 Å². The van der Waals surface area contributed by atoms with Crippen LogP contribution in [0.1, 0.15) is 26.3 Å². The third-order valence-electron chi connectivity index (χ3n) is 4.02. The molecule has 3 amide bonds. The van der Waals surface area contributed by atoms with E-state index in [1.165, 1.54) is 7.11 Å². The van der Waals surface area contributed by atoms with E-state index in [2.05, 4.69) is 16.0 Å². The van der Waals surface area contributed by atoms with Gasteiger partial charge in [-0.3, -0.25) is 14.4 Å². The zero-order valence-electron chi connectivity index (χ0n) is 17.0. The van der Waals surface area contributed by atoms with Crippen LogP contribution >= 0.6 is 67.8 Å². The van der Waals surface area contributed by atoms with Crippen molar-refractivity contribution < 1.29 is 39.5 Å². The number of carbonyl (C=O) groups is 3. The first-order chi connectivity index (χ1) is 15.1. The highest BCUT2D eigenvalue weighted by atomic mass is 127. The van der Waals surface area contributed by atoms with E-state index in [-0.39, 0.29) is 43.3 Å². The van der Waals surface area contributed by atoms with Gasteiger partial charge in [0.1, 0.15) is 6.61 Å². The zero-order chi connectivity index (χ0) is 24.4. The molecular weight excluding hydrogens is 767 g/mol. The normalized spacial score (nSPS) is 12.8. The van der Waals surface area contributed by atoms with Crippen LogP contribution in [-0.2, 0) is 16.1 Å². The number of hydrogen-bond acceptors (Lipinski definition) is 8. The van der Waals surface area contributed by atoms with Crippen LogP contribution in [0.15, 0.2) is 0 Å². The molecule has 0 radical (unpaired) electrons. The fourth-order valence-corrected chi connectivity index (χ4v) is 6.89. The predicted molar refractivity (Wildman–Crippen MR) is 139 cm³/mol. The van der Waals surface area contributed by atoms with Crippen LogP contribution in [0.25, 0.3) is 0 Å². The van der Waals surface area contributed by atoms with Crippen molar-refractivity contribution in [3.05, 3.63) is 27.4 Å². The van der Waals surface area contributed by atoms with Crippen LogP contribution in [0, 0.1) is 10.7 Å². The molecule has 0 saturated heterocycles. The third kappa shape index (κ3) is 8.44. The van der Waals surface area contributed by atoms with Crippen molar-refractivity contribution in [3.8, 4) is 0 Å². The second-order valence-electron chi connectivity index (χ2n) is 6.47. The van der Waals surface area contributed by atoms with Crippen LogP contribution in [0.2, 0.25) is 0 Å². The molecule has 0 saturated carbocycles. The smallest absolute Gasteiger partial charge is 0.253 e. The Bertz CT molecular complexity index is 787. The van der Waals surface area contributed by atoms with Gasteiger partial charge in [-0.2, -0.15) is 0 Å². The quantitative estimate of drug-likeness (QED) is 0.131. The number of aliphatic hydroxyl groups excluding tert-OH is 4. The lowest BCUT2D eigenvalue weighted by Crippen LogP contribution is -2.37. The molecule has 180 valence electrons. The molecule has 14 heteroatoms. The van der Waals surface area contributed by atoms with Gasteiger partial charge in [0.15, 0.2) is 0 Å². The van der Waals surface area contributed by atoms with Crippen LogP contribution in [-0.4, -0.2) is 90.4 Å². The van der Waals surface area contributed by atoms with Crippen molar-refractivity contribution in [1.29, 1.82) is 0 Å². The molecule has 0 fully saturated rings. The van der Waals surface area contributed by atoms with Crippen LogP contribution < -0.4 is 16.0 Å². The number of hydrogen-bond donors (Lipinski definition) is 7. The summed E-state index contributed by atoms with van der Waals surface area (Å²) in [5.41, 5.74) is 0.859. The maximum Gasteiger partial charge on any atom is 0.253 e. The molecule has 1 rings (SSSR count). The molecule has 0 spiro atoms. The summed E-state index contributed by atoms with van der Waals surface area (Å²) in [4.78, 5) is 37.6. The number of halogens is 3. The summed E-state index contributed by atoms with van der Waals surface area (Å²) >= 11 is 5.77. The summed E-state index contributed by atoms with van der Waals surface area (Å²) in [6.45, 7) is -1.59. The molecule has 7 N–H and O–H groups in total. The monoisotopic (exact) mass is 791 g/mol. The number of rotatable bonds is 12. The highest BCUT2D eigenvalue weighted by molar-refractivity contribution is 14.1. The number of nitrogens with one attached hydrogen (secondary N) is 3. The van der Waals surface area contributed by atoms with Crippen molar-refractivity contribution in [1.82, 2.24) is 16.0 Å². The Balaban J connectivity index is 3.42. The lowest BCUT2D eigenvalue weighted by atomic mass is 10.0. The maximum absolute atomic E-state index is 12.9. The molecule has 0 aliphatic carbocycles. The Kier molecular flexibility index (Phi) is 13.7. The van der Waals surface area contributed by atoms with E-state index in [9.17, 15) is 24.6 Å². The van der Waals surface area contributed by atoms with Crippen LogP contribution in [0.4, 0.5) is 0 Å². The fraction of sp³-hybridized carbons (Fsp3) is 0.500. The number of ether oxygens (including phenoxy) is 1. The molecule has 1 aromatic carbocycles. The predicted octanol–water partition coefficient (Wildman–Crippen LogP) is -1.07. The molecule has 0 aliphatic rings. The number of benzene rings is 1. The standard InChI is InChI=1S/C18H24I3N3O8/c1-32-7-11(29)22-4-10-14(19)12(17(30)23-2-8(27)5-25)16(21)13(15(10)20)18(31)24-3-9(28)6-26/h8-9,25-28H,2-7H2,1H3,(H,22,29)(H,23,30)(H,24,31). The number of carbonyl (C=O) groups excluding carboxylic acids is 3. The molecule has 1 aromatic rings. The number of amides is 3. The number of methoxy groups -OCH3 is 1. The van der Waals surface area contributed by atoms with E-state index in [0.29, 0.717) is 16.3 Å². The maximum atomic E-state index is 12.9. The summed E-state index contributed by atoms with van der Waals surface area (Å²) < 4.78 is 6.12. The molecule has 2 atom stereocenters. The largest absolute Gasteiger partial charge is 0.394 e. The lowest BCUT2D eigenvalue weighted by Gasteiger charge is -2.20. The molecule has 0 bridgehead atoms. The minimum absolute atomic E-state index is 0.0226. The molecule has 0 aromatic heterocycles. The summed E-state index contributed by atoms with van der Waals surface area (Å²) in [6.07, 6.45) is -2.29. The van der Waals surface area contributed by atoms with E-state index in [1.807, 2.05) is 67.8 Å². The Morgan fingerprint density at radius 2 is 1.28 bits per heavy atom. The Morgan fingerprint density at radius 3 is 1.66 bits per heavy atom. The Labute approximate surface area is 225 Å². The molecule has 32 heavy (non-hydrogen) atoms. The highest BCUT2D eigenvalue weighted by Gasteiger charge is 2.28. The molecule has 0 aliphatic heterocycles. The Hall–Kier alpha value is -0.380. The molecule has 11 nitrogen and oxygen atoms in total. The molecular formula is C18H24I3N3O8. The second kappa shape index (κ2) is 14.8. The van der Waals surface area contributed by atoms with E-state index < -0.39 is 37.2 Å². The summed E-state index contributed by atoms with van der Waals surface area (Å²) in [5, 5.41) is 44.7. The van der Waals surface area contributed by atoms with Crippen LogP contribution in [0.3, 0.4) is 0 Å². The SMILES string of the molecule is COCC(=O)NCc1c(I)c(C(=O)NCC(O)CO)c(I)c(C(=O)NCC(O)CO)c1I. The first-order valence-electron chi connectivity index (χ1n) is 9.18. The van der Waals surface area contributed by atoms with Gasteiger partial charge in [-0.05, 0) is 73.3 Å². The van der Waals surface area contributed by atoms with Gasteiger partial charge in [0.2, 0.25) is 5.91 Å². The molecule has 2 unspecified atom stereocenters. The van der Waals surface area contributed by atoms with E-state index >= 15 is 0 Å². The Morgan fingerprint density at radius 1 is 0.844 bits per heavy atom. The first-order valence-corrected chi connectivity index (χ1v) is 12.4.